The van der Waals surface area contributed by atoms with Gasteiger partial charge in [-0.3, -0.25) is 58.3 Å². The number of benzene rings is 6. The Morgan fingerprint density at radius 2 is 0.593 bits per heavy atom. The van der Waals surface area contributed by atoms with Crippen LogP contribution in [0.1, 0.15) is 212 Å². The maximum atomic E-state index is 13.5. The zero-order chi connectivity index (χ0) is 104. The number of fused-ring (bicyclic) bond motifs is 4. The minimum absolute atomic E-state index is 0.00372. The van der Waals surface area contributed by atoms with E-state index in [9.17, 15) is 106 Å². The van der Waals surface area contributed by atoms with Gasteiger partial charge in [0.2, 0.25) is 0 Å². The van der Waals surface area contributed by atoms with Gasteiger partial charge in [-0.25, -0.2) is 41.9 Å². The van der Waals surface area contributed by atoms with Crippen LogP contribution in [-0.2, 0) is 38.8 Å². The molecule has 4 atom stereocenters. The highest BCUT2D eigenvalue weighted by Gasteiger charge is 2.33. The molecule has 0 spiro atoms. The molecule has 15 rings (SSSR count). The van der Waals surface area contributed by atoms with Crippen LogP contribution in [0.25, 0.3) is 43.6 Å². The maximum absolute atomic E-state index is 13.5. The van der Waals surface area contributed by atoms with Crippen molar-refractivity contribution in [1.82, 2.24) is 82.0 Å². The molecule has 752 valence electrons. The Balaban J connectivity index is 0.000000172. The average molecular weight is 1990 g/mol. The molecule has 1 fully saturated rings. The number of nitrogens with zero attached hydrogens (tertiary/aromatic N) is 10. The fourth-order valence-electron chi connectivity index (χ4n) is 14.9. The first-order valence-corrected chi connectivity index (χ1v) is 46.6. The smallest absolute Gasteiger partial charge is 0.273 e. The standard InChI is InChI=1S/C28H26F2N4O4.C28H27FN4O4.C26H29FN4O5.C24H24FN5O4/c1-2-21(35)15-33-28(38)25-26(36)23-22(12-18(14-31-23)11-16-3-7-19(29)8-4-16)24(34-25)27(37)32-13-17-5-9-20(30)10-6-17;1-2-21(34)16-32-28(37)25-26(35)23-22(13-19(15-30-23)12-17-8-10-20(29)11-9-17)24(33-25)27(36)31-14-18-6-4-3-5-7-18;1-2-18(32)14-29-25(35)23-24(34)21-20(22(30-23)26(36)31-9-7-19(33)8-10-31)12-16(13-28-21)11-15-3-5-17(27)6-4-15;1-2-17(31)13-29-24(34)21-22(32)19-18(20(30-21)23(33)27-9-3-8-26)11-15(12-28-19)10-14-4-6-16(25)7-5-14/h3-10,12,14,21,35-36H,2,11,13,15H2,1H3,(H,32,37)(H,33,38);3-11,13,15,21,34-35H,2,12,14,16H2,1H3,(H,31,36)(H,32,37);3-6,12-13,18-19,32-34H,2,7-11,14H2,1H3,(H,29,35);4-7,11-12,17,31-32H,2-3,9-10,13H2,1H3,(H,27,33)(H,29,34). The van der Waals surface area contributed by atoms with E-state index in [2.05, 4.69) is 77.1 Å². The number of hydrogen-bond acceptors (Lipinski definition) is 26. The molecular formula is C106H106F5N17O17. The van der Waals surface area contributed by atoms with Crippen LogP contribution in [-0.4, -0.2) is 214 Å². The van der Waals surface area contributed by atoms with E-state index in [4.69, 9.17) is 5.26 Å². The summed E-state index contributed by atoms with van der Waals surface area (Å²) >= 11 is 0. The molecule has 145 heavy (non-hydrogen) atoms. The van der Waals surface area contributed by atoms with Gasteiger partial charge in [-0.1, -0.05) is 119 Å². The molecule has 39 heteroatoms. The van der Waals surface area contributed by atoms with Crippen molar-refractivity contribution in [3.63, 3.8) is 0 Å². The van der Waals surface area contributed by atoms with Gasteiger partial charge >= 0.3 is 0 Å². The van der Waals surface area contributed by atoms with E-state index in [-0.39, 0.29) is 153 Å². The van der Waals surface area contributed by atoms with Crippen molar-refractivity contribution >= 4 is 90.9 Å². The van der Waals surface area contributed by atoms with Gasteiger partial charge in [-0.2, -0.15) is 5.26 Å². The minimum Gasteiger partial charge on any atom is -0.504 e. The third-order valence-corrected chi connectivity index (χ3v) is 23.3. The number of aromatic hydroxyl groups is 4. The van der Waals surface area contributed by atoms with Crippen LogP contribution >= 0.6 is 0 Å². The number of amides is 8. The summed E-state index contributed by atoms with van der Waals surface area (Å²) in [6.45, 7) is 7.88. The van der Waals surface area contributed by atoms with E-state index < -0.39 is 118 Å². The first kappa shape index (κ1) is 107. The number of aliphatic hydroxyl groups is 5. The largest absolute Gasteiger partial charge is 0.504 e. The molecule has 1 saturated heterocycles. The van der Waals surface area contributed by atoms with Crippen molar-refractivity contribution in [2.75, 3.05) is 45.8 Å². The lowest BCUT2D eigenvalue weighted by molar-refractivity contribution is 0.0542. The van der Waals surface area contributed by atoms with Crippen LogP contribution in [0.3, 0.4) is 0 Å². The molecule has 9 heterocycles. The molecule has 0 saturated carbocycles. The molecule has 0 bridgehead atoms. The van der Waals surface area contributed by atoms with Gasteiger partial charge in [-0.15, -0.1) is 0 Å². The second kappa shape index (κ2) is 51.2. The molecule has 8 aromatic heterocycles. The lowest BCUT2D eigenvalue weighted by Gasteiger charge is -2.29. The van der Waals surface area contributed by atoms with E-state index in [0.717, 1.165) is 27.8 Å². The van der Waals surface area contributed by atoms with Crippen LogP contribution in [0.4, 0.5) is 22.0 Å². The fourth-order valence-corrected chi connectivity index (χ4v) is 14.9. The Hall–Kier alpha value is -16.5. The number of nitriles is 1. The number of hydrogen-bond donors (Lipinski definition) is 16. The third kappa shape index (κ3) is 29.1. The van der Waals surface area contributed by atoms with E-state index >= 15 is 0 Å². The molecule has 14 aromatic rings. The molecule has 16 N–H and O–H groups in total. The summed E-state index contributed by atoms with van der Waals surface area (Å²) in [5.74, 6) is -9.02. The van der Waals surface area contributed by atoms with Crippen molar-refractivity contribution in [3.05, 3.63) is 331 Å². The van der Waals surface area contributed by atoms with Crippen molar-refractivity contribution < 1.29 is 106 Å². The number of likely N-dealkylation sites (tertiary alicyclic amines) is 1. The molecule has 8 amide bonds. The van der Waals surface area contributed by atoms with E-state index in [0.29, 0.717) is 105 Å². The van der Waals surface area contributed by atoms with Crippen molar-refractivity contribution in [3.8, 4) is 29.1 Å². The Morgan fingerprint density at radius 3 is 0.869 bits per heavy atom. The SMILES string of the molecule is CCC(O)CNC(=O)c1nc(C(=O)N2CCC(O)CC2)c2cc(Cc3ccc(F)cc3)cnc2c1O.CCC(O)CNC(=O)c1nc(C(=O)NCCC#N)c2cc(Cc3ccc(F)cc3)cnc2c1O.CCC(O)CNC(=O)c1nc(C(=O)NCc2ccc(F)cc2)c2cc(Cc3ccc(F)cc3)cnc2c1O.CCC(O)CNC(=O)c1nc(C(=O)NCc2ccccc2)c2cc(Cc3ccc(F)cc3)cnc2c1O. The number of nitrogens with one attached hydrogen (secondary N) is 7. The van der Waals surface area contributed by atoms with Gasteiger partial charge in [0.25, 0.3) is 47.3 Å². The monoisotopic (exact) mass is 1980 g/mol. The number of pyridine rings is 8. The summed E-state index contributed by atoms with van der Waals surface area (Å²) in [6.07, 6.45) is 6.70. The Kier molecular flexibility index (Phi) is 37.9. The van der Waals surface area contributed by atoms with Crippen LogP contribution in [0.5, 0.6) is 23.0 Å². The Labute approximate surface area is 828 Å². The first-order chi connectivity index (χ1) is 69.7. The van der Waals surface area contributed by atoms with Gasteiger partial charge in [0.1, 0.15) is 73.9 Å². The molecule has 1 aliphatic rings. The van der Waals surface area contributed by atoms with Crippen molar-refractivity contribution in [2.45, 2.75) is 142 Å². The normalized spacial score (nSPS) is 12.6. The highest BCUT2D eigenvalue weighted by molar-refractivity contribution is 6.13. The third-order valence-electron chi connectivity index (χ3n) is 23.3. The molecular weight excluding hydrogens is 1880 g/mol. The molecule has 0 aliphatic carbocycles. The molecule has 34 nitrogen and oxygen atoms in total. The van der Waals surface area contributed by atoms with Crippen LogP contribution in [0.2, 0.25) is 0 Å². The predicted octanol–water partition coefficient (Wildman–Crippen LogP) is 11.5. The van der Waals surface area contributed by atoms with Crippen LogP contribution < -0.4 is 37.2 Å². The van der Waals surface area contributed by atoms with E-state index in [1.54, 1.807) is 105 Å². The lowest BCUT2D eigenvalue weighted by atomic mass is 10.0. The summed E-state index contributed by atoms with van der Waals surface area (Å²) < 4.78 is 66.3. The van der Waals surface area contributed by atoms with Gasteiger partial charge in [0.05, 0.1) is 43.0 Å². The predicted molar refractivity (Wildman–Crippen MR) is 525 cm³/mol. The maximum Gasteiger partial charge on any atom is 0.273 e. The summed E-state index contributed by atoms with van der Waals surface area (Å²) in [7, 11) is 0. The van der Waals surface area contributed by atoms with Gasteiger partial charge in [-0.05, 0) is 205 Å². The second-order valence-corrected chi connectivity index (χ2v) is 34.1. The Bertz CT molecular complexity index is 7040. The number of aliphatic hydroxyl groups excluding tert-OH is 5. The number of rotatable bonds is 34. The molecule has 4 unspecified atom stereocenters. The van der Waals surface area contributed by atoms with Crippen molar-refractivity contribution in [1.29, 1.82) is 5.26 Å². The second-order valence-electron chi connectivity index (χ2n) is 34.1. The molecule has 1 aliphatic heterocycles. The number of carbonyl (C=O) groups is 8. The number of halogens is 5. The van der Waals surface area contributed by atoms with Gasteiger partial charge in [0.15, 0.2) is 45.8 Å². The average Bonchev–Trinajstić information content (AvgIpc) is 0.761. The van der Waals surface area contributed by atoms with Crippen LogP contribution in [0, 0.1) is 40.4 Å². The fraction of sp³-hybridized carbons (Fsp3) is 0.274. The summed E-state index contributed by atoms with van der Waals surface area (Å²) in [6, 6.07) is 47.4. The lowest BCUT2D eigenvalue weighted by Crippen LogP contribution is -2.40. The molecule has 0 radical (unpaired) electrons. The molecule has 6 aromatic carbocycles. The highest BCUT2D eigenvalue weighted by atomic mass is 19.1. The highest BCUT2D eigenvalue weighted by Crippen LogP contribution is 2.36. The van der Waals surface area contributed by atoms with Gasteiger partial charge in [0, 0.05) is 105 Å². The van der Waals surface area contributed by atoms with E-state index in [1.807, 2.05) is 36.4 Å². The summed E-state index contributed by atoms with van der Waals surface area (Å²) in [5, 5.41) is 120. The number of piperidine rings is 1. The quantitative estimate of drug-likeness (QED) is 0.0132. The summed E-state index contributed by atoms with van der Waals surface area (Å²) in [5.41, 5.74) is 5.74. The number of carbonyl (C=O) groups excluding carboxylic acids is 8. The van der Waals surface area contributed by atoms with Crippen LogP contribution in [0.15, 0.2) is 201 Å². The topological polar surface area (TPSA) is 533 Å². The zero-order valence-corrected chi connectivity index (χ0v) is 79.2. The van der Waals surface area contributed by atoms with E-state index in [1.165, 1.54) is 97.6 Å². The van der Waals surface area contributed by atoms with Gasteiger partial charge < -0.3 is 88.1 Å². The Morgan fingerprint density at radius 1 is 0.345 bits per heavy atom. The summed E-state index contributed by atoms with van der Waals surface area (Å²) in [4.78, 5) is 139. The minimum atomic E-state index is -0.785. The van der Waals surface area contributed by atoms with Crippen molar-refractivity contribution in [2.24, 2.45) is 0 Å². The number of aromatic nitrogens is 8. The zero-order valence-electron chi connectivity index (χ0n) is 79.2. The first-order valence-electron chi connectivity index (χ1n) is 46.6.